The molecule has 0 bridgehead atoms. The first-order valence-electron chi connectivity index (χ1n) is 3.75. The van der Waals surface area contributed by atoms with E-state index in [4.69, 9.17) is 10.6 Å². The Morgan fingerprint density at radius 1 is 1.58 bits per heavy atom. The van der Waals surface area contributed by atoms with E-state index in [1.165, 1.54) is 0 Å². The lowest BCUT2D eigenvalue weighted by molar-refractivity contribution is 0.394. The van der Waals surface area contributed by atoms with Crippen LogP contribution in [0.5, 0.6) is 5.88 Å². The van der Waals surface area contributed by atoms with Crippen molar-refractivity contribution in [3.8, 4) is 5.88 Å². The van der Waals surface area contributed by atoms with Gasteiger partial charge in [-0.3, -0.25) is 11.3 Å². The zero-order valence-electron chi connectivity index (χ0n) is 7.24. The Morgan fingerprint density at radius 3 is 2.92 bits per heavy atom. The molecule has 0 aromatic carbocycles. The van der Waals surface area contributed by atoms with Crippen LogP contribution < -0.4 is 16.0 Å². The number of nitrogens with zero attached hydrogens (tertiary/aromatic N) is 1. The zero-order valence-corrected chi connectivity index (χ0v) is 7.24. The summed E-state index contributed by atoms with van der Waals surface area (Å²) in [4.78, 5) is 4.20. The maximum atomic E-state index is 5.26. The number of hydrogen-bond donors (Lipinski definition) is 2. The van der Waals surface area contributed by atoms with E-state index < -0.39 is 0 Å². The van der Waals surface area contributed by atoms with Crippen molar-refractivity contribution in [2.24, 2.45) is 5.84 Å². The summed E-state index contributed by atoms with van der Waals surface area (Å²) >= 11 is 0. The molecule has 1 atom stereocenters. The van der Waals surface area contributed by atoms with Crippen molar-refractivity contribution in [1.82, 2.24) is 10.4 Å². The number of aromatic nitrogens is 1. The molecular weight excluding hydrogens is 154 g/mol. The largest absolute Gasteiger partial charge is 0.481 e. The van der Waals surface area contributed by atoms with Crippen molar-refractivity contribution in [1.29, 1.82) is 0 Å². The van der Waals surface area contributed by atoms with Gasteiger partial charge in [-0.15, -0.1) is 0 Å². The Bertz CT molecular complexity index is 252. The molecule has 0 aliphatic carbocycles. The predicted molar refractivity (Wildman–Crippen MR) is 46.5 cm³/mol. The Morgan fingerprint density at radius 2 is 2.33 bits per heavy atom. The monoisotopic (exact) mass is 167 g/mol. The molecule has 0 amide bonds. The molecule has 0 saturated heterocycles. The molecule has 3 N–H and O–H groups in total. The number of hydrogen-bond acceptors (Lipinski definition) is 4. The highest BCUT2D eigenvalue weighted by molar-refractivity contribution is 5.17. The molecule has 1 aromatic heterocycles. The van der Waals surface area contributed by atoms with Crippen LogP contribution in [0.4, 0.5) is 0 Å². The summed E-state index contributed by atoms with van der Waals surface area (Å²) in [6.07, 6.45) is 0. The highest BCUT2D eigenvalue weighted by Crippen LogP contribution is 2.12. The van der Waals surface area contributed by atoms with Gasteiger partial charge in [0.05, 0.1) is 18.8 Å². The molecule has 1 rings (SSSR count). The van der Waals surface area contributed by atoms with Crippen molar-refractivity contribution < 1.29 is 4.74 Å². The molecule has 0 fully saturated rings. The second-order valence-electron chi connectivity index (χ2n) is 2.49. The molecule has 1 aromatic rings. The van der Waals surface area contributed by atoms with E-state index in [-0.39, 0.29) is 6.04 Å². The summed E-state index contributed by atoms with van der Waals surface area (Å²) in [7, 11) is 1.59. The van der Waals surface area contributed by atoms with Gasteiger partial charge in [-0.1, -0.05) is 6.07 Å². The number of nitrogens with one attached hydrogen (secondary N) is 1. The second-order valence-corrected chi connectivity index (χ2v) is 2.49. The van der Waals surface area contributed by atoms with Gasteiger partial charge in [0.2, 0.25) is 5.88 Å². The van der Waals surface area contributed by atoms with E-state index in [1.807, 2.05) is 19.1 Å². The van der Waals surface area contributed by atoms with E-state index in [1.54, 1.807) is 13.2 Å². The van der Waals surface area contributed by atoms with Crippen LogP contribution in [0.3, 0.4) is 0 Å². The number of pyridine rings is 1. The summed E-state index contributed by atoms with van der Waals surface area (Å²) < 4.78 is 4.97. The van der Waals surface area contributed by atoms with Crippen molar-refractivity contribution in [2.45, 2.75) is 13.0 Å². The van der Waals surface area contributed by atoms with Crippen LogP contribution in [0.1, 0.15) is 18.7 Å². The third kappa shape index (κ3) is 1.93. The molecule has 12 heavy (non-hydrogen) atoms. The molecule has 0 saturated carbocycles. The van der Waals surface area contributed by atoms with Gasteiger partial charge in [0.1, 0.15) is 0 Å². The first-order valence-corrected chi connectivity index (χ1v) is 3.75. The third-order valence-corrected chi connectivity index (χ3v) is 1.65. The molecule has 4 heteroatoms. The number of nitrogens with two attached hydrogens (primary N) is 1. The lowest BCUT2D eigenvalue weighted by Gasteiger charge is -2.09. The number of methoxy groups -OCH3 is 1. The third-order valence-electron chi connectivity index (χ3n) is 1.65. The highest BCUT2D eigenvalue weighted by atomic mass is 16.5. The number of rotatable bonds is 3. The molecule has 0 radical (unpaired) electrons. The van der Waals surface area contributed by atoms with Gasteiger partial charge in [0.15, 0.2) is 0 Å². The maximum Gasteiger partial charge on any atom is 0.213 e. The number of hydrazine groups is 1. The molecule has 0 aliphatic rings. The SMILES string of the molecule is COc1cccc(C(C)NN)n1. The van der Waals surface area contributed by atoms with Crippen molar-refractivity contribution in [3.05, 3.63) is 23.9 Å². The van der Waals surface area contributed by atoms with Gasteiger partial charge >= 0.3 is 0 Å². The molecule has 1 heterocycles. The van der Waals surface area contributed by atoms with Gasteiger partial charge in [-0.25, -0.2) is 4.98 Å². The normalized spacial score (nSPS) is 12.6. The van der Waals surface area contributed by atoms with E-state index >= 15 is 0 Å². The molecule has 0 spiro atoms. The lowest BCUT2D eigenvalue weighted by Crippen LogP contribution is -2.26. The Balaban J connectivity index is 2.86. The van der Waals surface area contributed by atoms with Crippen LogP contribution in [-0.2, 0) is 0 Å². The number of ether oxygens (including phenoxy) is 1. The van der Waals surface area contributed by atoms with E-state index in [0.29, 0.717) is 5.88 Å². The van der Waals surface area contributed by atoms with Crippen LogP contribution in [0.2, 0.25) is 0 Å². The van der Waals surface area contributed by atoms with Crippen LogP contribution in [0.15, 0.2) is 18.2 Å². The highest BCUT2D eigenvalue weighted by Gasteiger charge is 2.04. The summed E-state index contributed by atoms with van der Waals surface area (Å²) in [5, 5.41) is 0. The minimum atomic E-state index is 0.0418. The van der Waals surface area contributed by atoms with Gasteiger partial charge in [-0.05, 0) is 13.0 Å². The molecule has 1 unspecified atom stereocenters. The smallest absolute Gasteiger partial charge is 0.213 e. The Kier molecular flexibility index (Phi) is 3.01. The van der Waals surface area contributed by atoms with E-state index in [0.717, 1.165) is 5.69 Å². The quantitative estimate of drug-likeness (QED) is 0.511. The fraction of sp³-hybridized carbons (Fsp3) is 0.375. The standard InChI is InChI=1S/C8H13N3O/c1-6(11-9)7-4-3-5-8(10-7)12-2/h3-6,11H,9H2,1-2H3. The lowest BCUT2D eigenvalue weighted by atomic mass is 10.2. The Hall–Kier alpha value is -1.13. The molecule has 66 valence electrons. The van der Waals surface area contributed by atoms with Crippen molar-refractivity contribution in [3.63, 3.8) is 0 Å². The van der Waals surface area contributed by atoms with Crippen LogP contribution in [-0.4, -0.2) is 12.1 Å². The minimum absolute atomic E-state index is 0.0418. The van der Waals surface area contributed by atoms with Crippen LogP contribution in [0, 0.1) is 0 Å². The Labute approximate surface area is 71.7 Å². The topological polar surface area (TPSA) is 60.2 Å². The van der Waals surface area contributed by atoms with Crippen LogP contribution >= 0.6 is 0 Å². The van der Waals surface area contributed by atoms with E-state index in [9.17, 15) is 0 Å². The van der Waals surface area contributed by atoms with Gasteiger partial charge in [0, 0.05) is 6.07 Å². The van der Waals surface area contributed by atoms with Crippen molar-refractivity contribution >= 4 is 0 Å². The fourth-order valence-corrected chi connectivity index (χ4v) is 0.871. The van der Waals surface area contributed by atoms with Crippen LogP contribution in [0.25, 0.3) is 0 Å². The average Bonchev–Trinajstić information content (AvgIpc) is 2.17. The van der Waals surface area contributed by atoms with Gasteiger partial charge < -0.3 is 4.74 Å². The average molecular weight is 167 g/mol. The first-order chi connectivity index (χ1) is 5.77. The first kappa shape index (κ1) is 8.96. The fourth-order valence-electron chi connectivity index (χ4n) is 0.871. The summed E-state index contributed by atoms with van der Waals surface area (Å²) in [6, 6.07) is 5.62. The minimum Gasteiger partial charge on any atom is -0.481 e. The zero-order chi connectivity index (χ0) is 8.97. The van der Waals surface area contributed by atoms with Gasteiger partial charge in [-0.2, -0.15) is 0 Å². The molecule has 0 aliphatic heterocycles. The second kappa shape index (κ2) is 4.04. The summed E-state index contributed by atoms with van der Waals surface area (Å²) in [5.74, 6) is 5.87. The maximum absolute atomic E-state index is 5.26. The predicted octanol–water partition coefficient (Wildman–Crippen LogP) is 0.615. The van der Waals surface area contributed by atoms with E-state index in [2.05, 4.69) is 10.4 Å². The van der Waals surface area contributed by atoms with Gasteiger partial charge in [0.25, 0.3) is 0 Å². The molecular formula is C8H13N3O. The summed E-state index contributed by atoms with van der Waals surface area (Å²) in [6.45, 7) is 1.93. The summed E-state index contributed by atoms with van der Waals surface area (Å²) in [5.41, 5.74) is 3.49. The van der Waals surface area contributed by atoms with Crippen molar-refractivity contribution in [2.75, 3.05) is 7.11 Å². The molecule has 4 nitrogen and oxygen atoms in total.